The van der Waals surface area contributed by atoms with Crippen LogP contribution in [0.15, 0.2) is 23.1 Å². The number of sulfone groups is 1. The van der Waals surface area contributed by atoms with Gasteiger partial charge in [0.05, 0.1) is 0 Å². The third-order valence-electron chi connectivity index (χ3n) is 4.26. The van der Waals surface area contributed by atoms with Gasteiger partial charge in [0.2, 0.25) is 0 Å². The van der Waals surface area contributed by atoms with E-state index in [-0.39, 0.29) is 4.90 Å². The maximum atomic E-state index is 13.9. The monoisotopic (exact) mass is 299 g/mol. The minimum absolute atomic E-state index is 0.211. The van der Waals surface area contributed by atoms with Crippen LogP contribution in [-0.4, -0.2) is 27.3 Å². The van der Waals surface area contributed by atoms with Crippen molar-refractivity contribution < 1.29 is 12.8 Å². The van der Waals surface area contributed by atoms with E-state index in [1.165, 1.54) is 12.1 Å². The summed E-state index contributed by atoms with van der Waals surface area (Å²) in [6.45, 7) is 5.16. The molecule has 0 bridgehead atoms. The highest BCUT2D eigenvalue weighted by atomic mass is 32.2. The Balaban J connectivity index is 2.21. The van der Waals surface area contributed by atoms with Crippen molar-refractivity contribution in [2.24, 2.45) is 5.92 Å². The van der Waals surface area contributed by atoms with E-state index in [1.54, 1.807) is 6.07 Å². The Hall–Kier alpha value is -0.940. The Labute approximate surface area is 120 Å². The fraction of sp³-hybridized carbons (Fsp3) is 0.600. The number of nitrogens with one attached hydrogen (secondary N) is 1. The summed E-state index contributed by atoms with van der Waals surface area (Å²) in [5, 5.41) is 3.44. The van der Waals surface area contributed by atoms with E-state index in [0.29, 0.717) is 17.9 Å². The van der Waals surface area contributed by atoms with Crippen molar-refractivity contribution >= 4 is 9.84 Å². The number of halogens is 1. The second-order valence-corrected chi connectivity index (χ2v) is 7.52. The van der Waals surface area contributed by atoms with E-state index in [9.17, 15) is 12.8 Å². The molecule has 0 saturated heterocycles. The van der Waals surface area contributed by atoms with Crippen molar-refractivity contribution in [1.82, 2.24) is 5.32 Å². The van der Waals surface area contributed by atoms with Crippen LogP contribution in [0.3, 0.4) is 0 Å². The lowest BCUT2D eigenvalue weighted by molar-refractivity contribution is 0.162. The van der Waals surface area contributed by atoms with Crippen molar-refractivity contribution in [2.75, 3.05) is 12.8 Å². The Morgan fingerprint density at radius 2 is 2.05 bits per heavy atom. The molecule has 1 aliphatic rings. The van der Waals surface area contributed by atoms with E-state index < -0.39 is 15.7 Å². The first-order chi connectivity index (χ1) is 9.38. The van der Waals surface area contributed by atoms with Crippen LogP contribution in [0.2, 0.25) is 0 Å². The average molecular weight is 299 g/mol. The van der Waals surface area contributed by atoms with Gasteiger partial charge in [-0.05, 0) is 42.5 Å². The Kier molecular flexibility index (Phi) is 4.49. The van der Waals surface area contributed by atoms with Gasteiger partial charge in [0.25, 0.3) is 0 Å². The summed E-state index contributed by atoms with van der Waals surface area (Å²) in [5.41, 5.74) is 0.913. The molecule has 1 aromatic rings. The molecule has 0 amide bonds. The van der Waals surface area contributed by atoms with Crippen molar-refractivity contribution in [3.8, 4) is 0 Å². The third-order valence-corrected chi connectivity index (χ3v) is 5.39. The first-order valence-electron chi connectivity index (χ1n) is 7.11. The Morgan fingerprint density at radius 3 is 2.55 bits per heavy atom. The van der Waals surface area contributed by atoms with E-state index >= 15 is 0 Å². The normalized spacial score (nSPS) is 26.3. The topological polar surface area (TPSA) is 46.2 Å². The van der Waals surface area contributed by atoms with Crippen LogP contribution >= 0.6 is 0 Å². The van der Waals surface area contributed by atoms with Crippen LogP contribution in [0.25, 0.3) is 0 Å². The molecule has 3 nitrogen and oxygen atoms in total. The van der Waals surface area contributed by atoms with Crippen LogP contribution in [0, 0.1) is 11.7 Å². The lowest BCUT2D eigenvalue weighted by Gasteiger charge is -2.45. The number of benzene rings is 1. The van der Waals surface area contributed by atoms with Crippen molar-refractivity contribution in [3.63, 3.8) is 0 Å². The zero-order valence-corrected chi connectivity index (χ0v) is 13.0. The molecular weight excluding hydrogens is 277 g/mol. The quantitative estimate of drug-likeness (QED) is 0.909. The fourth-order valence-electron chi connectivity index (χ4n) is 3.21. The fourth-order valence-corrected chi connectivity index (χ4v) is 3.93. The Bertz CT molecular complexity index is 586. The maximum absolute atomic E-state index is 13.9. The SMILES string of the molecule is CCNC1CC(c2ccc(S(C)(=O)=O)c(F)c2)C1CC. The largest absolute Gasteiger partial charge is 0.314 e. The van der Waals surface area contributed by atoms with Crippen LogP contribution in [-0.2, 0) is 9.84 Å². The molecule has 112 valence electrons. The maximum Gasteiger partial charge on any atom is 0.178 e. The van der Waals surface area contributed by atoms with Gasteiger partial charge in [0.1, 0.15) is 10.7 Å². The smallest absolute Gasteiger partial charge is 0.178 e. The Morgan fingerprint density at radius 1 is 1.35 bits per heavy atom. The van der Waals surface area contributed by atoms with Crippen LogP contribution in [0.4, 0.5) is 4.39 Å². The van der Waals surface area contributed by atoms with Crippen LogP contribution in [0.5, 0.6) is 0 Å². The van der Waals surface area contributed by atoms with Gasteiger partial charge >= 0.3 is 0 Å². The third kappa shape index (κ3) is 2.88. The van der Waals surface area contributed by atoms with E-state index in [2.05, 4.69) is 19.2 Å². The molecule has 2 rings (SSSR count). The molecule has 0 heterocycles. The zero-order valence-electron chi connectivity index (χ0n) is 12.2. The van der Waals surface area contributed by atoms with Gasteiger partial charge in [-0.3, -0.25) is 0 Å². The number of hydrogen-bond donors (Lipinski definition) is 1. The molecule has 1 N–H and O–H groups in total. The standard InChI is InChI=1S/C15H22FNO2S/c1-4-11-12(9-14(11)17-5-2)10-6-7-15(13(16)8-10)20(3,18)19/h6-8,11-12,14,17H,4-5,9H2,1-3H3. The molecule has 5 heteroatoms. The zero-order chi connectivity index (χ0) is 14.9. The van der Waals surface area contributed by atoms with Gasteiger partial charge in [-0.2, -0.15) is 0 Å². The van der Waals surface area contributed by atoms with Gasteiger partial charge in [0.15, 0.2) is 9.84 Å². The molecule has 0 aliphatic heterocycles. The summed E-state index contributed by atoms with van der Waals surface area (Å²) < 4.78 is 36.8. The van der Waals surface area contributed by atoms with E-state index in [4.69, 9.17) is 0 Å². The molecule has 1 fully saturated rings. The first-order valence-corrected chi connectivity index (χ1v) is 9.00. The molecule has 20 heavy (non-hydrogen) atoms. The summed E-state index contributed by atoms with van der Waals surface area (Å²) in [5.74, 6) is 0.192. The molecular formula is C15H22FNO2S. The number of rotatable bonds is 5. The minimum Gasteiger partial charge on any atom is -0.314 e. The lowest BCUT2D eigenvalue weighted by Crippen LogP contribution is -2.48. The second kappa shape index (κ2) is 5.82. The summed E-state index contributed by atoms with van der Waals surface area (Å²) in [6.07, 6.45) is 3.06. The van der Waals surface area contributed by atoms with Crippen LogP contribution < -0.4 is 5.32 Å². The molecule has 3 unspecified atom stereocenters. The molecule has 0 spiro atoms. The van der Waals surface area contributed by atoms with E-state index in [0.717, 1.165) is 31.2 Å². The molecule has 0 aromatic heterocycles. The molecule has 1 aliphatic carbocycles. The highest BCUT2D eigenvalue weighted by Gasteiger charge is 2.40. The highest BCUT2D eigenvalue weighted by Crippen LogP contribution is 2.45. The average Bonchev–Trinajstić information content (AvgIpc) is 2.32. The van der Waals surface area contributed by atoms with Gasteiger partial charge < -0.3 is 5.32 Å². The van der Waals surface area contributed by atoms with Crippen molar-refractivity contribution in [1.29, 1.82) is 0 Å². The minimum atomic E-state index is -3.49. The molecule has 1 aromatic carbocycles. The van der Waals surface area contributed by atoms with Gasteiger partial charge in [0, 0.05) is 12.3 Å². The summed E-state index contributed by atoms with van der Waals surface area (Å²) in [7, 11) is -3.49. The summed E-state index contributed by atoms with van der Waals surface area (Å²) >= 11 is 0. The summed E-state index contributed by atoms with van der Waals surface area (Å²) in [6, 6.07) is 5.04. The van der Waals surface area contributed by atoms with Crippen molar-refractivity contribution in [2.45, 2.75) is 43.5 Å². The molecule has 0 radical (unpaired) electrons. The van der Waals surface area contributed by atoms with E-state index in [1.807, 2.05) is 0 Å². The first kappa shape index (κ1) is 15.4. The van der Waals surface area contributed by atoms with Gasteiger partial charge in [-0.1, -0.05) is 26.3 Å². The predicted molar refractivity (Wildman–Crippen MR) is 78.1 cm³/mol. The lowest BCUT2D eigenvalue weighted by atomic mass is 9.65. The van der Waals surface area contributed by atoms with Gasteiger partial charge in [-0.15, -0.1) is 0 Å². The highest BCUT2D eigenvalue weighted by molar-refractivity contribution is 7.90. The second-order valence-electron chi connectivity index (χ2n) is 5.54. The number of hydrogen-bond acceptors (Lipinski definition) is 3. The summed E-state index contributed by atoms with van der Waals surface area (Å²) in [4.78, 5) is -0.211. The predicted octanol–water partition coefficient (Wildman–Crippen LogP) is 2.72. The van der Waals surface area contributed by atoms with Crippen molar-refractivity contribution in [3.05, 3.63) is 29.6 Å². The van der Waals surface area contributed by atoms with Crippen LogP contribution in [0.1, 0.15) is 38.2 Å². The molecule has 1 saturated carbocycles. The molecule has 3 atom stereocenters. The van der Waals surface area contributed by atoms with Gasteiger partial charge in [-0.25, -0.2) is 12.8 Å².